The summed E-state index contributed by atoms with van der Waals surface area (Å²) >= 11 is 0. The SMILES string of the molecule is O=C(Cc1ccc(F)nc1)C1CCCCN1c1nc2c(c(Nc3cc(C4CC4)[nH]n3)n1)CCC2. The Hall–Kier alpha value is -3.36. The second-order valence-electron chi connectivity index (χ2n) is 9.60. The Morgan fingerprint density at radius 1 is 1.15 bits per heavy atom. The van der Waals surface area contributed by atoms with E-state index in [4.69, 9.17) is 9.97 Å². The summed E-state index contributed by atoms with van der Waals surface area (Å²) in [6.07, 6.45) is 9.75. The van der Waals surface area contributed by atoms with Crippen LogP contribution in [0.5, 0.6) is 0 Å². The Bertz CT molecular complexity index is 1200. The molecule has 3 aromatic rings. The molecule has 2 aliphatic carbocycles. The van der Waals surface area contributed by atoms with Crippen LogP contribution in [-0.4, -0.2) is 43.5 Å². The van der Waals surface area contributed by atoms with Gasteiger partial charge in [-0.1, -0.05) is 6.07 Å². The number of halogens is 1. The van der Waals surface area contributed by atoms with Gasteiger partial charge in [-0.3, -0.25) is 9.89 Å². The zero-order valence-corrected chi connectivity index (χ0v) is 19.1. The average Bonchev–Trinajstić information content (AvgIpc) is 3.40. The van der Waals surface area contributed by atoms with Crippen molar-refractivity contribution < 1.29 is 9.18 Å². The second kappa shape index (κ2) is 8.77. The number of Topliss-reactive ketones (excluding diaryl/α,β-unsaturated/α-hetero) is 1. The van der Waals surface area contributed by atoms with Crippen molar-refractivity contribution in [2.45, 2.75) is 69.7 Å². The Labute approximate surface area is 197 Å². The topological polar surface area (TPSA) is 99.7 Å². The number of hydrogen-bond donors (Lipinski definition) is 2. The maximum Gasteiger partial charge on any atom is 0.228 e. The molecule has 176 valence electrons. The summed E-state index contributed by atoms with van der Waals surface area (Å²) < 4.78 is 13.2. The standard InChI is InChI=1S/C25H28FN7O/c26-22-10-7-15(14-27-22)12-21(34)20-6-1-2-11-33(20)25-28-18-5-3-4-17(18)24(30-25)29-23-13-19(31-32-23)16-8-9-16/h7,10,13-14,16,20H,1-6,8-9,11-12H2,(H2,28,29,30,31,32). The molecule has 1 unspecified atom stereocenters. The van der Waals surface area contributed by atoms with Crippen molar-refractivity contribution in [3.05, 3.63) is 52.9 Å². The largest absolute Gasteiger partial charge is 0.331 e. The van der Waals surface area contributed by atoms with Crippen LogP contribution in [0, 0.1) is 5.95 Å². The molecular weight excluding hydrogens is 433 g/mol. The van der Waals surface area contributed by atoms with E-state index in [2.05, 4.69) is 31.5 Å². The molecule has 2 N–H and O–H groups in total. The van der Waals surface area contributed by atoms with E-state index in [-0.39, 0.29) is 18.2 Å². The van der Waals surface area contributed by atoms with Crippen LogP contribution in [0.25, 0.3) is 0 Å². The first-order valence-electron chi connectivity index (χ1n) is 12.3. The highest BCUT2D eigenvalue weighted by Gasteiger charge is 2.32. The van der Waals surface area contributed by atoms with Crippen LogP contribution < -0.4 is 10.2 Å². The first kappa shape index (κ1) is 21.2. The summed E-state index contributed by atoms with van der Waals surface area (Å²) in [6, 6.07) is 4.70. The van der Waals surface area contributed by atoms with E-state index in [1.165, 1.54) is 30.8 Å². The number of pyridine rings is 1. The molecule has 8 nitrogen and oxygen atoms in total. The number of H-pyrrole nitrogens is 1. The van der Waals surface area contributed by atoms with Crippen molar-refractivity contribution in [3.63, 3.8) is 0 Å². The molecule has 0 spiro atoms. The van der Waals surface area contributed by atoms with E-state index in [0.717, 1.165) is 73.5 Å². The highest BCUT2D eigenvalue weighted by Crippen LogP contribution is 2.40. The van der Waals surface area contributed by atoms with Gasteiger partial charge in [-0.15, -0.1) is 0 Å². The minimum Gasteiger partial charge on any atom is -0.331 e. The maximum atomic E-state index is 13.3. The third-order valence-corrected chi connectivity index (χ3v) is 7.08. The van der Waals surface area contributed by atoms with Crippen LogP contribution in [0.3, 0.4) is 0 Å². The molecule has 3 aromatic heterocycles. The predicted octanol–water partition coefficient (Wildman–Crippen LogP) is 4.01. The number of aryl methyl sites for hydroxylation is 1. The fourth-order valence-corrected chi connectivity index (χ4v) is 5.11. The number of piperidine rings is 1. The number of aromatic nitrogens is 5. The second-order valence-corrected chi connectivity index (χ2v) is 9.60. The minimum absolute atomic E-state index is 0.0908. The smallest absolute Gasteiger partial charge is 0.228 e. The third kappa shape index (κ3) is 4.26. The van der Waals surface area contributed by atoms with E-state index >= 15 is 0 Å². The normalized spacial score (nSPS) is 19.8. The highest BCUT2D eigenvalue weighted by atomic mass is 19.1. The number of aromatic amines is 1. The Morgan fingerprint density at radius 3 is 2.88 bits per heavy atom. The lowest BCUT2D eigenvalue weighted by Crippen LogP contribution is -2.46. The Morgan fingerprint density at radius 2 is 2.06 bits per heavy atom. The summed E-state index contributed by atoms with van der Waals surface area (Å²) in [6.45, 7) is 0.741. The molecule has 3 aliphatic rings. The Kier molecular flexibility index (Phi) is 5.47. The predicted molar refractivity (Wildman–Crippen MR) is 126 cm³/mol. The first-order valence-corrected chi connectivity index (χ1v) is 12.3. The highest BCUT2D eigenvalue weighted by molar-refractivity contribution is 5.88. The van der Waals surface area contributed by atoms with Crippen LogP contribution in [-0.2, 0) is 24.1 Å². The Balaban J connectivity index is 1.27. The molecule has 0 bridgehead atoms. The molecule has 9 heteroatoms. The number of nitrogens with one attached hydrogen (secondary N) is 2. The quantitative estimate of drug-likeness (QED) is 0.513. The van der Waals surface area contributed by atoms with Crippen LogP contribution in [0.4, 0.5) is 22.0 Å². The molecule has 1 saturated heterocycles. The van der Waals surface area contributed by atoms with Gasteiger partial charge in [0.25, 0.3) is 0 Å². The number of carbonyl (C=O) groups excluding carboxylic acids is 1. The molecule has 0 radical (unpaired) electrons. The lowest BCUT2D eigenvalue weighted by molar-refractivity contribution is -0.120. The van der Waals surface area contributed by atoms with E-state index < -0.39 is 5.95 Å². The zero-order chi connectivity index (χ0) is 23.1. The van der Waals surface area contributed by atoms with E-state index in [9.17, 15) is 9.18 Å². The third-order valence-electron chi connectivity index (χ3n) is 7.08. The lowest BCUT2D eigenvalue weighted by atomic mass is 9.95. The van der Waals surface area contributed by atoms with Crippen molar-refractivity contribution in [1.82, 2.24) is 25.1 Å². The van der Waals surface area contributed by atoms with Gasteiger partial charge in [0.2, 0.25) is 11.9 Å². The fraction of sp³-hybridized carbons (Fsp3) is 0.480. The molecule has 1 aliphatic heterocycles. The maximum absolute atomic E-state index is 13.3. The molecule has 1 atom stereocenters. The lowest BCUT2D eigenvalue weighted by Gasteiger charge is -2.35. The van der Waals surface area contributed by atoms with Crippen molar-refractivity contribution >= 4 is 23.4 Å². The van der Waals surface area contributed by atoms with Crippen molar-refractivity contribution in [3.8, 4) is 0 Å². The van der Waals surface area contributed by atoms with Crippen LogP contribution in [0.15, 0.2) is 24.4 Å². The summed E-state index contributed by atoms with van der Waals surface area (Å²) in [5.74, 6) is 2.33. The summed E-state index contributed by atoms with van der Waals surface area (Å²) in [5.41, 5.74) is 4.10. The van der Waals surface area contributed by atoms with Crippen molar-refractivity contribution in [2.24, 2.45) is 0 Å². The van der Waals surface area contributed by atoms with Gasteiger partial charge in [0.15, 0.2) is 11.6 Å². The molecule has 34 heavy (non-hydrogen) atoms. The van der Waals surface area contributed by atoms with Crippen LogP contribution in [0.2, 0.25) is 0 Å². The van der Waals surface area contributed by atoms with E-state index in [1.54, 1.807) is 6.07 Å². The summed E-state index contributed by atoms with van der Waals surface area (Å²) in [7, 11) is 0. The number of fused-ring (bicyclic) bond motifs is 1. The van der Waals surface area contributed by atoms with Gasteiger partial charge in [0, 0.05) is 42.4 Å². The average molecular weight is 462 g/mol. The van der Waals surface area contributed by atoms with Gasteiger partial charge >= 0.3 is 0 Å². The van der Waals surface area contributed by atoms with Crippen LogP contribution >= 0.6 is 0 Å². The molecule has 6 rings (SSSR count). The summed E-state index contributed by atoms with van der Waals surface area (Å²) in [5, 5.41) is 11.0. The number of anilines is 3. The van der Waals surface area contributed by atoms with Gasteiger partial charge in [0.05, 0.1) is 11.7 Å². The molecule has 0 aromatic carbocycles. The van der Waals surface area contributed by atoms with Crippen LogP contribution in [0.1, 0.15) is 67.0 Å². The molecule has 4 heterocycles. The van der Waals surface area contributed by atoms with Gasteiger partial charge in [-0.2, -0.15) is 14.5 Å². The summed E-state index contributed by atoms with van der Waals surface area (Å²) in [4.78, 5) is 28.8. The fourth-order valence-electron chi connectivity index (χ4n) is 5.11. The number of ketones is 1. The molecular formula is C25H28FN7O. The molecule has 0 amide bonds. The van der Waals surface area contributed by atoms with E-state index in [0.29, 0.717) is 11.9 Å². The van der Waals surface area contributed by atoms with Gasteiger partial charge in [-0.25, -0.2) is 9.97 Å². The van der Waals surface area contributed by atoms with Crippen molar-refractivity contribution in [1.29, 1.82) is 0 Å². The van der Waals surface area contributed by atoms with Gasteiger partial charge in [-0.05, 0) is 63.0 Å². The molecule has 1 saturated carbocycles. The minimum atomic E-state index is -0.539. The number of hydrogen-bond acceptors (Lipinski definition) is 7. The van der Waals surface area contributed by atoms with Gasteiger partial charge in [0.1, 0.15) is 5.82 Å². The number of rotatable bonds is 7. The number of nitrogens with zero attached hydrogens (tertiary/aromatic N) is 5. The molecule has 2 fully saturated rings. The van der Waals surface area contributed by atoms with Gasteiger partial charge < -0.3 is 10.2 Å². The first-order chi connectivity index (χ1) is 16.6. The zero-order valence-electron chi connectivity index (χ0n) is 19.1. The number of carbonyl (C=O) groups is 1. The monoisotopic (exact) mass is 461 g/mol. The van der Waals surface area contributed by atoms with Crippen molar-refractivity contribution in [2.75, 3.05) is 16.8 Å². The van der Waals surface area contributed by atoms with E-state index in [1.807, 2.05) is 0 Å².